The Morgan fingerprint density at radius 1 is 1.47 bits per heavy atom. The fraction of sp³-hybridized carbons (Fsp3) is 0.500. The van der Waals surface area contributed by atoms with E-state index < -0.39 is 0 Å². The number of carbonyl (C=O) groups excluding carboxylic acids is 1. The molecule has 1 N–H and O–H groups in total. The lowest BCUT2D eigenvalue weighted by atomic mass is 9.97. The molecule has 1 aliphatic heterocycles. The van der Waals surface area contributed by atoms with Crippen LogP contribution in [0.5, 0.6) is 0 Å². The van der Waals surface area contributed by atoms with E-state index in [1.165, 1.54) is 0 Å². The molecule has 1 atom stereocenters. The van der Waals surface area contributed by atoms with Crippen molar-refractivity contribution in [3.8, 4) is 0 Å². The van der Waals surface area contributed by atoms with Crippen LogP contribution < -0.4 is 0 Å². The third-order valence-corrected chi connectivity index (χ3v) is 3.44. The molecule has 0 saturated carbocycles. The van der Waals surface area contributed by atoms with Crippen LogP contribution in [0.25, 0.3) is 0 Å². The fourth-order valence-corrected chi connectivity index (χ4v) is 2.38. The van der Waals surface area contributed by atoms with Crippen molar-refractivity contribution in [1.82, 2.24) is 4.90 Å². The average Bonchev–Trinajstić information content (AvgIpc) is 2.38. The smallest absolute Gasteiger partial charge is 0.254 e. The molecule has 1 amide bonds. The molecule has 0 spiro atoms. The van der Waals surface area contributed by atoms with Crippen LogP contribution in [0.4, 0.5) is 0 Å². The van der Waals surface area contributed by atoms with Crippen molar-refractivity contribution in [3.05, 3.63) is 35.4 Å². The summed E-state index contributed by atoms with van der Waals surface area (Å²) >= 11 is 0. The molecular weight excluding hydrogens is 214 g/mol. The van der Waals surface area contributed by atoms with Gasteiger partial charge in [-0.05, 0) is 37.3 Å². The second kappa shape index (κ2) is 5.32. The van der Waals surface area contributed by atoms with Gasteiger partial charge in [-0.25, -0.2) is 0 Å². The highest BCUT2D eigenvalue weighted by Gasteiger charge is 2.24. The summed E-state index contributed by atoms with van der Waals surface area (Å²) in [6.45, 7) is 3.63. The van der Waals surface area contributed by atoms with Gasteiger partial charge in [0.15, 0.2) is 0 Å². The van der Waals surface area contributed by atoms with Crippen molar-refractivity contribution in [2.24, 2.45) is 5.92 Å². The van der Waals surface area contributed by atoms with Crippen molar-refractivity contribution in [1.29, 1.82) is 0 Å². The van der Waals surface area contributed by atoms with Crippen LogP contribution in [0.1, 0.15) is 28.8 Å². The average molecular weight is 233 g/mol. The highest BCUT2D eigenvalue weighted by atomic mass is 16.3. The lowest BCUT2D eigenvalue weighted by Gasteiger charge is -2.32. The number of hydrogen-bond acceptors (Lipinski definition) is 2. The summed E-state index contributed by atoms with van der Waals surface area (Å²) in [4.78, 5) is 14.2. The molecule has 1 heterocycles. The fourth-order valence-electron chi connectivity index (χ4n) is 2.38. The quantitative estimate of drug-likeness (QED) is 0.846. The maximum absolute atomic E-state index is 12.3. The van der Waals surface area contributed by atoms with Crippen LogP contribution in [-0.4, -0.2) is 35.6 Å². The molecule has 2 rings (SSSR count). The second-order valence-corrected chi connectivity index (χ2v) is 4.76. The zero-order chi connectivity index (χ0) is 12.3. The predicted octanol–water partition coefficient (Wildman–Crippen LogP) is 1.84. The molecule has 3 heteroatoms. The predicted molar refractivity (Wildman–Crippen MR) is 66.9 cm³/mol. The van der Waals surface area contributed by atoms with Gasteiger partial charge in [0.25, 0.3) is 5.91 Å². The van der Waals surface area contributed by atoms with Gasteiger partial charge >= 0.3 is 0 Å². The van der Waals surface area contributed by atoms with Crippen LogP contribution in [0.3, 0.4) is 0 Å². The van der Waals surface area contributed by atoms with Gasteiger partial charge in [-0.1, -0.05) is 18.2 Å². The molecule has 1 fully saturated rings. The molecule has 1 aromatic carbocycles. The maximum Gasteiger partial charge on any atom is 0.254 e. The molecule has 17 heavy (non-hydrogen) atoms. The van der Waals surface area contributed by atoms with E-state index in [-0.39, 0.29) is 18.4 Å². The number of rotatable bonds is 2. The van der Waals surface area contributed by atoms with E-state index in [9.17, 15) is 9.90 Å². The van der Waals surface area contributed by atoms with Gasteiger partial charge in [0.1, 0.15) is 0 Å². The Labute approximate surface area is 102 Å². The first-order valence-electron chi connectivity index (χ1n) is 6.18. The zero-order valence-corrected chi connectivity index (χ0v) is 10.2. The highest BCUT2D eigenvalue weighted by Crippen LogP contribution is 2.19. The molecule has 3 nitrogen and oxygen atoms in total. The second-order valence-electron chi connectivity index (χ2n) is 4.76. The van der Waals surface area contributed by atoms with Gasteiger partial charge in [-0.2, -0.15) is 0 Å². The van der Waals surface area contributed by atoms with Crippen molar-refractivity contribution in [2.75, 3.05) is 19.7 Å². The molecule has 0 aliphatic carbocycles. The molecule has 1 aromatic rings. The third-order valence-electron chi connectivity index (χ3n) is 3.44. The Balaban J connectivity index is 2.12. The number of aliphatic hydroxyl groups excluding tert-OH is 1. The van der Waals surface area contributed by atoms with E-state index in [2.05, 4.69) is 0 Å². The number of amides is 1. The third kappa shape index (κ3) is 2.67. The molecule has 0 bridgehead atoms. The van der Waals surface area contributed by atoms with Gasteiger partial charge in [-0.3, -0.25) is 4.79 Å². The molecule has 1 saturated heterocycles. The summed E-state index contributed by atoms with van der Waals surface area (Å²) in [5.41, 5.74) is 1.80. The van der Waals surface area contributed by atoms with E-state index in [1.54, 1.807) is 0 Å². The Morgan fingerprint density at radius 2 is 2.24 bits per heavy atom. The highest BCUT2D eigenvalue weighted by molar-refractivity contribution is 5.95. The van der Waals surface area contributed by atoms with Crippen molar-refractivity contribution >= 4 is 5.91 Å². The zero-order valence-electron chi connectivity index (χ0n) is 10.2. The lowest BCUT2D eigenvalue weighted by Crippen LogP contribution is -2.41. The van der Waals surface area contributed by atoms with Crippen LogP contribution in [0, 0.1) is 12.8 Å². The van der Waals surface area contributed by atoms with Crippen molar-refractivity contribution in [2.45, 2.75) is 19.8 Å². The van der Waals surface area contributed by atoms with Crippen molar-refractivity contribution < 1.29 is 9.90 Å². The number of carbonyl (C=O) groups is 1. The van der Waals surface area contributed by atoms with Gasteiger partial charge in [0.2, 0.25) is 0 Å². The van der Waals surface area contributed by atoms with Crippen molar-refractivity contribution in [3.63, 3.8) is 0 Å². The monoisotopic (exact) mass is 233 g/mol. The molecular formula is C14H19NO2. The van der Waals surface area contributed by atoms with Crippen LogP contribution in [0.15, 0.2) is 24.3 Å². The van der Waals surface area contributed by atoms with Gasteiger partial charge < -0.3 is 10.0 Å². The van der Waals surface area contributed by atoms with Gasteiger partial charge in [-0.15, -0.1) is 0 Å². The topological polar surface area (TPSA) is 40.5 Å². The first kappa shape index (κ1) is 12.1. The Bertz CT molecular complexity index is 403. The lowest BCUT2D eigenvalue weighted by molar-refractivity contribution is 0.0620. The minimum atomic E-state index is 0.0984. The standard InChI is InChI=1S/C14H19NO2/c1-11-5-2-3-7-13(11)14(17)15-8-4-6-12(9-15)10-16/h2-3,5,7,12,16H,4,6,8-10H2,1H3. The van der Waals surface area contributed by atoms with Crippen LogP contribution >= 0.6 is 0 Å². The Morgan fingerprint density at radius 3 is 2.94 bits per heavy atom. The number of likely N-dealkylation sites (tertiary alicyclic amines) is 1. The summed E-state index contributed by atoms with van der Waals surface area (Å²) in [5, 5.41) is 9.18. The molecule has 1 unspecified atom stereocenters. The van der Waals surface area contributed by atoms with Gasteiger partial charge in [0.05, 0.1) is 0 Å². The molecule has 0 aromatic heterocycles. The summed E-state index contributed by atoms with van der Waals surface area (Å²) in [7, 11) is 0. The molecule has 1 aliphatic rings. The number of aliphatic hydroxyl groups is 1. The van der Waals surface area contributed by atoms with Gasteiger partial charge in [0, 0.05) is 25.3 Å². The van der Waals surface area contributed by atoms with E-state index in [4.69, 9.17) is 0 Å². The number of hydrogen-bond donors (Lipinski definition) is 1. The van der Waals surface area contributed by atoms with E-state index >= 15 is 0 Å². The summed E-state index contributed by atoms with van der Waals surface area (Å²) in [5.74, 6) is 0.345. The Hall–Kier alpha value is -1.35. The number of aryl methyl sites for hydroxylation is 1. The van der Waals surface area contributed by atoms with Crippen LogP contribution in [0.2, 0.25) is 0 Å². The summed E-state index contributed by atoms with van der Waals surface area (Å²) < 4.78 is 0. The van der Waals surface area contributed by atoms with Crippen LogP contribution in [-0.2, 0) is 0 Å². The Kier molecular flexibility index (Phi) is 3.79. The minimum Gasteiger partial charge on any atom is -0.396 e. The maximum atomic E-state index is 12.3. The summed E-state index contributed by atoms with van der Waals surface area (Å²) in [6.07, 6.45) is 2.01. The number of piperidine rings is 1. The van der Waals surface area contributed by atoms with E-state index in [0.717, 1.165) is 30.5 Å². The first-order valence-corrected chi connectivity index (χ1v) is 6.18. The number of benzene rings is 1. The number of nitrogens with zero attached hydrogens (tertiary/aromatic N) is 1. The minimum absolute atomic E-state index is 0.0984. The molecule has 0 radical (unpaired) electrons. The first-order chi connectivity index (χ1) is 8.22. The summed E-state index contributed by atoms with van der Waals surface area (Å²) in [6, 6.07) is 7.67. The SMILES string of the molecule is Cc1ccccc1C(=O)N1CCCC(CO)C1. The van der Waals surface area contributed by atoms with E-state index in [1.807, 2.05) is 36.1 Å². The largest absolute Gasteiger partial charge is 0.396 e. The molecule has 92 valence electrons. The van der Waals surface area contributed by atoms with E-state index in [0.29, 0.717) is 6.54 Å². The normalized spacial score (nSPS) is 20.4.